The van der Waals surface area contributed by atoms with Gasteiger partial charge in [0.15, 0.2) is 0 Å². The van der Waals surface area contributed by atoms with Gasteiger partial charge >= 0.3 is 5.97 Å². The van der Waals surface area contributed by atoms with Crippen LogP contribution in [-0.2, 0) is 4.74 Å². The molecule has 0 spiro atoms. The topological polar surface area (TPSA) is 35.5 Å². The third-order valence-corrected chi connectivity index (χ3v) is 3.47. The zero-order chi connectivity index (χ0) is 11.6. The molecule has 1 aromatic carbocycles. The number of esters is 1. The molecule has 3 nitrogen and oxygen atoms in total. The number of carbonyl (C=O) groups is 1. The second-order valence-electron chi connectivity index (χ2n) is 3.20. The quantitative estimate of drug-likeness (QED) is 0.777. The number of hydrogen-bond acceptors (Lipinski definition) is 3. The highest BCUT2D eigenvalue weighted by molar-refractivity contribution is 9.10. The van der Waals surface area contributed by atoms with Gasteiger partial charge in [0, 0.05) is 4.47 Å². The number of halogens is 1. The van der Waals surface area contributed by atoms with Crippen molar-refractivity contribution in [2.24, 2.45) is 0 Å². The van der Waals surface area contributed by atoms with Crippen LogP contribution < -0.4 is 4.74 Å². The van der Waals surface area contributed by atoms with E-state index < -0.39 is 0 Å². The number of rotatable bonds is 2. The summed E-state index contributed by atoms with van der Waals surface area (Å²) < 4.78 is 10.8. The van der Waals surface area contributed by atoms with Gasteiger partial charge in [0.1, 0.15) is 11.3 Å². The predicted molar refractivity (Wildman–Crippen MR) is 61.5 cm³/mol. The molecule has 0 amide bonds. The van der Waals surface area contributed by atoms with Crippen molar-refractivity contribution in [3.8, 4) is 5.75 Å². The van der Waals surface area contributed by atoms with Crippen LogP contribution in [0.2, 0.25) is 0 Å². The number of carbonyl (C=O) groups excluding carboxylic acids is 1. The van der Waals surface area contributed by atoms with Crippen molar-refractivity contribution in [3.05, 3.63) is 27.2 Å². The monoisotopic (exact) mass is 272 g/mol. The first kappa shape index (κ1) is 12.0. The number of aryl methyl sites for hydroxylation is 1. The fourth-order valence-corrected chi connectivity index (χ4v) is 1.75. The average Bonchev–Trinajstić information content (AvgIpc) is 2.24. The molecule has 0 radical (unpaired) electrons. The second-order valence-corrected chi connectivity index (χ2v) is 3.99. The molecule has 0 atom stereocenters. The van der Waals surface area contributed by atoms with E-state index in [2.05, 4.69) is 15.9 Å². The molecular weight excluding hydrogens is 260 g/mol. The normalized spacial score (nSPS) is 9.93. The highest BCUT2D eigenvalue weighted by Crippen LogP contribution is 2.32. The fraction of sp³-hybridized carbons (Fsp3) is 0.364. The Morgan fingerprint density at radius 3 is 2.40 bits per heavy atom. The summed E-state index contributed by atoms with van der Waals surface area (Å²) >= 11 is 3.43. The summed E-state index contributed by atoms with van der Waals surface area (Å²) in [6.07, 6.45) is 0. The molecular formula is C11H13BrO3. The smallest absolute Gasteiger partial charge is 0.341 e. The van der Waals surface area contributed by atoms with E-state index in [1.165, 1.54) is 14.2 Å². The Morgan fingerprint density at radius 2 is 1.93 bits per heavy atom. The van der Waals surface area contributed by atoms with Gasteiger partial charge in [-0.15, -0.1) is 0 Å². The van der Waals surface area contributed by atoms with Gasteiger partial charge < -0.3 is 9.47 Å². The van der Waals surface area contributed by atoms with Crippen molar-refractivity contribution >= 4 is 21.9 Å². The van der Waals surface area contributed by atoms with Crippen LogP contribution in [0.3, 0.4) is 0 Å². The molecule has 0 bridgehead atoms. The average molecular weight is 273 g/mol. The molecule has 0 aliphatic rings. The lowest BCUT2D eigenvalue weighted by molar-refractivity contribution is 0.0596. The maximum atomic E-state index is 11.6. The van der Waals surface area contributed by atoms with E-state index in [0.717, 1.165) is 15.6 Å². The minimum absolute atomic E-state index is 0.384. The van der Waals surface area contributed by atoms with Crippen LogP contribution in [0.5, 0.6) is 5.75 Å². The summed E-state index contributed by atoms with van der Waals surface area (Å²) in [6, 6.07) is 1.81. The van der Waals surface area contributed by atoms with Gasteiger partial charge in [-0.05, 0) is 31.0 Å². The standard InChI is InChI=1S/C11H13BrO3/c1-6-5-8(14-3)9(11(13)15-4)7(2)10(6)12/h5H,1-4H3. The van der Waals surface area contributed by atoms with Crippen LogP contribution in [0.4, 0.5) is 0 Å². The van der Waals surface area contributed by atoms with E-state index >= 15 is 0 Å². The minimum Gasteiger partial charge on any atom is -0.496 e. The molecule has 1 rings (SSSR count). The highest BCUT2D eigenvalue weighted by Gasteiger charge is 2.19. The summed E-state index contributed by atoms with van der Waals surface area (Å²) in [5.41, 5.74) is 2.33. The number of benzene rings is 1. The van der Waals surface area contributed by atoms with E-state index in [1.807, 2.05) is 19.9 Å². The maximum absolute atomic E-state index is 11.6. The molecule has 15 heavy (non-hydrogen) atoms. The van der Waals surface area contributed by atoms with Crippen molar-refractivity contribution in [1.29, 1.82) is 0 Å². The molecule has 0 heterocycles. The summed E-state index contributed by atoms with van der Waals surface area (Å²) in [7, 11) is 2.89. The number of hydrogen-bond donors (Lipinski definition) is 0. The first-order chi connectivity index (χ1) is 7.02. The Labute approximate surface area is 97.5 Å². The van der Waals surface area contributed by atoms with Gasteiger partial charge in [-0.1, -0.05) is 15.9 Å². The van der Waals surface area contributed by atoms with Gasteiger partial charge in [0.2, 0.25) is 0 Å². The zero-order valence-electron chi connectivity index (χ0n) is 9.18. The second kappa shape index (κ2) is 4.66. The molecule has 0 saturated carbocycles. The Hall–Kier alpha value is -1.03. The van der Waals surface area contributed by atoms with E-state index in [4.69, 9.17) is 9.47 Å². The number of ether oxygens (including phenoxy) is 2. The van der Waals surface area contributed by atoms with E-state index in [9.17, 15) is 4.79 Å². The van der Waals surface area contributed by atoms with Crippen LogP contribution in [0.1, 0.15) is 21.5 Å². The largest absolute Gasteiger partial charge is 0.496 e. The molecule has 82 valence electrons. The SMILES string of the molecule is COC(=O)c1c(OC)cc(C)c(Br)c1C. The van der Waals surface area contributed by atoms with Gasteiger partial charge in [-0.3, -0.25) is 0 Å². The van der Waals surface area contributed by atoms with Crippen LogP contribution in [0, 0.1) is 13.8 Å². The Balaban J connectivity index is 3.47. The van der Waals surface area contributed by atoms with E-state index in [0.29, 0.717) is 11.3 Å². The molecule has 1 aromatic rings. The van der Waals surface area contributed by atoms with Crippen LogP contribution in [0.15, 0.2) is 10.5 Å². The number of methoxy groups -OCH3 is 2. The van der Waals surface area contributed by atoms with Crippen molar-refractivity contribution in [3.63, 3.8) is 0 Å². The Kier molecular flexibility index (Phi) is 3.74. The Morgan fingerprint density at radius 1 is 1.33 bits per heavy atom. The van der Waals surface area contributed by atoms with E-state index in [1.54, 1.807) is 0 Å². The molecule has 0 aliphatic carbocycles. The zero-order valence-corrected chi connectivity index (χ0v) is 10.8. The lowest BCUT2D eigenvalue weighted by Gasteiger charge is -2.13. The van der Waals surface area contributed by atoms with Gasteiger partial charge in [-0.2, -0.15) is 0 Å². The third kappa shape index (κ3) is 2.15. The van der Waals surface area contributed by atoms with Crippen LogP contribution in [0.25, 0.3) is 0 Å². The van der Waals surface area contributed by atoms with Crippen molar-refractivity contribution in [2.75, 3.05) is 14.2 Å². The lowest BCUT2D eigenvalue weighted by Crippen LogP contribution is -2.07. The van der Waals surface area contributed by atoms with Gasteiger partial charge in [0.25, 0.3) is 0 Å². The summed E-state index contributed by atoms with van der Waals surface area (Å²) in [6.45, 7) is 3.80. The van der Waals surface area contributed by atoms with Gasteiger partial charge in [0.05, 0.1) is 14.2 Å². The summed E-state index contributed by atoms with van der Waals surface area (Å²) in [5.74, 6) is 0.158. The molecule has 4 heteroatoms. The first-order valence-electron chi connectivity index (χ1n) is 4.45. The first-order valence-corrected chi connectivity index (χ1v) is 5.24. The van der Waals surface area contributed by atoms with Gasteiger partial charge in [-0.25, -0.2) is 4.79 Å². The van der Waals surface area contributed by atoms with E-state index in [-0.39, 0.29) is 5.97 Å². The summed E-state index contributed by atoms with van der Waals surface area (Å²) in [5, 5.41) is 0. The molecule has 0 N–H and O–H groups in total. The van der Waals surface area contributed by atoms with Crippen LogP contribution >= 0.6 is 15.9 Å². The molecule has 0 unspecified atom stereocenters. The minimum atomic E-state index is -0.384. The van der Waals surface area contributed by atoms with Crippen molar-refractivity contribution < 1.29 is 14.3 Å². The lowest BCUT2D eigenvalue weighted by atomic mass is 10.0. The molecule has 0 aromatic heterocycles. The molecule has 0 saturated heterocycles. The molecule has 0 aliphatic heterocycles. The fourth-order valence-electron chi connectivity index (χ4n) is 1.44. The van der Waals surface area contributed by atoms with Crippen molar-refractivity contribution in [1.82, 2.24) is 0 Å². The third-order valence-electron chi connectivity index (χ3n) is 2.25. The highest BCUT2D eigenvalue weighted by atomic mass is 79.9. The summed E-state index contributed by atoms with van der Waals surface area (Å²) in [4.78, 5) is 11.6. The predicted octanol–water partition coefficient (Wildman–Crippen LogP) is 2.86. The maximum Gasteiger partial charge on any atom is 0.341 e. The molecule has 0 fully saturated rings. The Bertz CT molecular complexity index is 399. The van der Waals surface area contributed by atoms with Crippen molar-refractivity contribution in [2.45, 2.75) is 13.8 Å². The van der Waals surface area contributed by atoms with Crippen LogP contribution in [-0.4, -0.2) is 20.2 Å².